The average Bonchev–Trinajstić information content (AvgIpc) is 3.00. The zero-order chi connectivity index (χ0) is 18.2. The van der Waals surface area contributed by atoms with Crippen LogP contribution in [-0.2, 0) is 11.3 Å². The monoisotopic (exact) mass is 368 g/mol. The number of alkyl halides is 2. The van der Waals surface area contributed by atoms with Crippen LogP contribution in [0.1, 0.15) is 10.4 Å². The van der Waals surface area contributed by atoms with Gasteiger partial charge in [-0.3, -0.25) is 14.9 Å². The molecule has 0 aliphatic carbocycles. The highest BCUT2D eigenvalue weighted by Crippen LogP contribution is 2.16. The summed E-state index contributed by atoms with van der Waals surface area (Å²) in [6.07, 6.45) is 3.18. The van der Waals surface area contributed by atoms with Crippen LogP contribution >= 0.6 is 11.8 Å². The van der Waals surface area contributed by atoms with Crippen molar-refractivity contribution in [3.8, 4) is 5.75 Å². The molecule has 1 aromatic carbocycles. The van der Waals surface area contributed by atoms with E-state index in [4.69, 9.17) is 0 Å². The number of nitrogens with zero attached hydrogens (tertiary/aromatic N) is 3. The van der Waals surface area contributed by atoms with E-state index in [1.807, 2.05) is 0 Å². The van der Waals surface area contributed by atoms with Crippen molar-refractivity contribution in [2.24, 2.45) is 0 Å². The number of carbonyl (C=O) groups excluding carboxylic acids is 2. The molecular weight excluding hydrogens is 354 g/mol. The summed E-state index contributed by atoms with van der Waals surface area (Å²) in [4.78, 5) is 23.8. The van der Waals surface area contributed by atoms with Gasteiger partial charge in [0.05, 0.1) is 5.75 Å². The molecule has 0 radical (unpaired) electrons. The van der Waals surface area contributed by atoms with Crippen LogP contribution in [0.15, 0.2) is 48.4 Å². The zero-order valence-corrected chi connectivity index (χ0v) is 13.7. The third kappa shape index (κ3) is 5.68. The van der Waals surface area contributed by atoms with Crippen molar-refractivity contribution in [3.05, 3.63) is 48.8 Å². The summed E-state index contributed by atoms with van der Waals surface area (Å²) >= 11 is 1.12. The van der Waals surface area contributed by atoms with Gasteiger partial charge in [0.1, 0.15) is 12.1 Å². The number of hydrogen-bond acceptors (Lipinski definition) is 6. The Morgan fingerprint density at radius 2 is 2.08 bits per heavy atom. The van der Waals surface area contributed by atoms with Crippen molar-refractivity contribution in [1.82, 2.24) is 20.1 Å². The lowest BCUT2D eigenvalue weighted by Crippen LogP contribution is -2.31. The maximum atomic E-state index is 12.1. The van der Waals surface area contributed by atoms with Gasteiger partial charge in [0.2, 0.25) is 5.91 Å². The molecule has 0 spiro atoms. The molecule has 0 aliphatic heterocycles. The van der Waals surface area contributed by atoms with Crippen molar-refractivity contribution < 1.29 is 23.1 Å². The molecule has 0 saturated carbocycles. The van der Waals surface area contributed by atoms with Crippen LogP contribution in [0.2, 0.25) is 0 Å². The number of benzene rings is 1. The summed E-state index contributed by atoms with van der Waals surface area (Å²) in [5.41, 5.74) is 0.148. The van der Waals surface area contributed by atoms with Crippen LogP contribution < -0.4 is 10.1 Å². The molecule has 25 heavy (non-hydrogen) atoms. The molecule has 0 aliphatic rings. The lowest BCUT2D eigenvalue weighted by atomic mass is 10.2. The Labute approximate surface area is 146 Å². The van der Waals surface area contributed by atoms with Gasteiger partial charge in [-0.15, -0.1) is 16.8 Å². The summed E-state index contributed by atoms with van der Waals surface area (Å²) in [6.45, 7) is 1.17. The second-order valence-electron chi connectivity index (χ2n) is 4.62. The quantitative estimate of drug-likeness (QED) is 0.567. The number of amides is 2. The minimum atomic E-state index is -2.94. The fourth-order valence-corrected chi connectivity index (χ4v) is 2.50. The van der Waals surface area contributed by atoms with Crippen LogP contribution in [0.25, 0.3) is 0 Å². The smallest absolute Gasteiger partial charge is 0.387 e. The van der Waals surface area contributed by atoms with E-state index in [0.717, 1.165) is 11.8 Å². The highest BCUT2D eigenvalue weighted by Gasteiger charge is 2.13. The van der Waals surface area contributed by atoms with Gasteiger partial charge in [0.25, 0.3) is 5.91 Å². The molecule has 0 saturated heterocycles. The summed E-state index contributed by atoms with van der Waals surface area (Å²) in [5.74, 6) is -1.26. The third-order valence-electron chi connectivity index (χ3n) is 2.83. The number of hydrogen-bond donors (Lipinski definition) is 1. The van der Waals surface area contributed by atoms with Gasteiger partial charge in [0.15, 0.2) is 5.16 Å². The standard InChI is InChI=1S/C15H14F2N4O3S/c1-2-7-21-9-18-20-15(21)25-8-12(22)19-13(23)10-3-5-11(6-4-10)24-14(16)17/h2-6,9,14H,1,7-8H2,(H,19,22,23). The van der Waals surface area contributed by atoms with E-state index in [2.05, 4.69) is 26.8 Å². The Morgan fingerprint density at radius 3 is 2.72 bits per heavy atom. The number of halogens is 2. The average molecular weight is 368 g/mol. The SMILES string of the molecule is C=CCn1cnnc1SCC(=O)NC(=O)c1ccc(OC(F)F)cc1. The van der Waals surface area contributed by atoms with Gasteiger partial charge in [-0.2, -0.15) is 8.78 Å². The Kier molecular flexibility index (Phi) is 6.63. The Morgan fingerprint density at radius 1 is 1.36 bits per heavy atom. The molecule has 0 bridgehead atoms. The zero-order valence-electron chi connectivity index (χ0n) is 12.9. The lowest BCUT2D eigenvalue weighted by molar-refractivity contribution is -0.117. The molecular formula is C15H14F2N4O3S. The number of thioether (sulfide) groups is 1. The first-order chi connectivity index (χ1) is 12.0. The molecule has 1 N–H and O–H groups in total. The number of carbonyl (C=O) groups is 2. The minimum Gasteiger partial charge on any atom is -0.435 e. The van der Waals surface area contributed by atoms with Gasteiger partial charge in [-0.1, -0.05) is 17.8 Å². The van der Waals surface area contributed by atoms with Gasteiger partial charge >= 0.3 is 6.61 Å². The second kappa shape index (κ2) is 8.92. The maximum absolute atomic E-state index is 12.1. The Bertz CT molecular complexity index is 749. The first-order valence-electron chi connectivity index (χ1n) is 7.00. The summed E-state index contributed by atoms with van der Waals surface area (Å²) in [7, 11) is 0. The molecule has 2 aromatic rings. The van der Waals surface area contributed by atoms with Gasteiger partial charge in [-0.25, -0.2) is 0 Å². The molecule has 0 fully saturated rings. The first kappa shape index (κ1) is 18.6. The predicted octanol–water partition coefficient (Wildman–Crippen LogP) is 2.11. The van der Waals surface area contributed by atoms with Crippen LogP contribution in [0.4, 0.5) is 8.78 Å². The number of allylic oxidation sites excluding steroid dienone is 1. The Balaban J connectivity index is 1.86. The molecule has 0 atom stereocenters. The van der Waals surface area contributed by atoms with Gasteiger partial charge < -0.3 is 9.30 Å². The van der Waals surface area contributed by atoms with E-state index in [1.54, 1.807) is 10.6 Å². The van der Waals surface area contributed by atoms with Crippen LogP contribution in [-0.4, -0.2) is 38.9 Å². The normalized spacial score (nSPS) is 10.5. The molecule has 2 amide bonds. The largest absolute Gasteiger partial charge is 0.435 e. The lowest BCUT2D eigenvalue weighted by Gasteiger charge is -2.06. The topological polar surface area (TPSA) is 86.1 Å². The van der Waals surface area contributed by atoms with Crippen molar-refractivity contribution in [3.63, 3.8) is 0 Å². The predicted molar refractivity (Wildman–Crippen MR) is 86.5 cm³/mol. The van der Waals surface area contributed by atoms with E-state index >= 15 is 0 Å². The number of aromatic nitrogens is 3. The van der Waals surface area contributed by atoms with Crippen molar-refractivity contribution in [2.75, 3.05) is 5.75 Å². The molecule has 1 aromatic heterocycles. The van der Waals surface area contributed by atoms with E-state index in [9.17, 15) is 18.4 Å². The van der Waals surface area contributed by atoms with Crippen LogP contribution in [0, 0.1) is 0 Å². The fraction of sp³-hybridized carbons (Fsp3) is 0.200. The van der Waals surface area contributed by atoms with E-state index in [0.29, 0.717) is 11.7 Å². The van der Waals surface area contributed by atoms with E-state index < -0.39 is 18.4 Å². The number of rotatable bonds is 8. The van der Waals surface area contributed by atoms with Crippen LogP contribution in [0.5, 0.6) is 5.75 Å². The van der Waals surface area contributed by atoms with Crippen molar-refractivity contribution in [2.45, 2.75) is 18.3 Å². The summed E-state index contributed by atoms with van der Waals surface area (Å²) in [5, 5.41) is 10.3. The van der Waals surface area contributed by atoms with Crippen LogP contribution in [0.3, 0.4) is 0 Å². The first-order valence-corrected chi connectivity index (χ1v) is 7.98. The molecule has 7 nitrogen and oxygen atoms in total. The minimum absolute atomic E-state index is 0.0336. The summed E-state index contributed by atoms with van der Waals surface area (Å²) < 4.78 is 30.0. The highest BCUT2D eigenvalue weighted by molar-refractivity contribution is 7.99. The molecule has 1 heterocycles. The number of imide groups is 1. The van der Waals surface area contributed by atoms with E-state index in [-0.39, 0.29) is 17.1 Å². The van der Waals surface area contributed by atoms with Gasteiger partial charge in [-0.05, 0) is 24.3 Å². The Hall–Kier alpha value is -2.75. The van der Waals surface area contributed by atoms with Gasteiger partial charge in [0, 0.05) is 12.1 Å². The van der Waals surface area contributed by atoms with Crippen molar-refractivity contribution in [1.29, 1.82) is 0 Å². The molecule has 10 heteroatoms. The summed E-state index contributed by atoms with van der Waals surface area (Å²) in [6, 6.07) is 5.01. The van der Waals surface area contributed by atoms with Crippen molar-refractivity contribution >= 4 is 23.6 Å². The number of ether oxygens (including phenoxy) is 1. The molecule has 2 rings (SSSR count). The fourth-order valence-electron chi connectivity index (χ4n) is 1.77. The highest BCUT2D eigenvalue weighted by atomic mass is 32.2. The number of nitrogens with one attached hydrogen (secondary N) is 1. The third-order valence-corrected chi connectivity index (χ3v) is 3.81. The van der Waals surface area contributed by atoms with E-state index in [1.165, 1.54) is 30.6 Å². The molecule has 0 unspecified atom stereocenters. The second-order valence-corrected chi connectivity index (χ2v) is 5.57. The maximum Gasteiger partial charge on any atom is 0.387 e. The molecule has 132 valence electrons.